The molecule has 0 aliphatic heterocycles. The van der Waals surface area contributed by atoms with Crippen LogP contribution in [0.4, 0.5) is 0 Å². The van der Waals surface area contributed by atoms with Gasteiger partial charge in [0.05, 0.1) is 0 Å². The van der Waals surface area contributed by atoms with Crippen LogP contribution in [0.3, 0.4) is 0 Å². The van der Waals surface area contributed by atoms with Gasteiger partial charge in [-0.15, -0.1) is 11.6 Å². The molecule has 0 radical (unpaired) electrons. The van der Waals surface area contributed by atoms with E-state index in [1.807, 2.05) is 13.8 Å². The molecule has 0 spiro atoms. The minimum Gasteiger partial charge on any atom is -0.119 e. The van der Waals surface area contributed by atoms with Crippen LogP contribution in [0.25, 0.3) is 0 Å². The average Bonchev–Trinajstić information content (AvgIpc) is 1.14. The molecule has 0 saturated heterocycles. The summed E-state index contributed by atoms with van der Waals surface area (Å²) >= 11 is 21.8. The monoisotopic (exact) mass is 224 g/mol. The Balaban J connectivity index is 3.90. The number of rotatable bonds is 2. The van der Waals surface area contributed by atoms with Gasteiger partial charge in [-0.3, -0.25) is 0 Å². The maximum Gasteiger partial charge on any atom is 0.121 e. The predicted octanol–water partition coefficient (Wildman–Crippen LogP) is 3.79. The fourth-order valence-corrected chi connectivity index (χ4v) is 5.19. The van der Waals surface area contributed by atoms with Crippen molar-refractivity contribution >= 4 is 50.6 Å². The summed E-state index contributed by atoms with van der Waals surface area (Å²) in [4.78, 5) is -0.362. The van der Waals surface area contributed by atoms with E-state index >= 15 is 0 Å². The first-order chi connectivity index (χ1) is 3.71. The third kappa shape index (κ3) is 9.52. The fraction of sp³-hybridized carbons (Fsp3) is 1.00. The molecule has 0 amide bonds. The Morgan fingerprint density at radius 1 is 1.44 bits per heavy atom. The molecular formula is C4H8Cl3PS. The largest absolute Gasteiger partial charge is 0.121 e. The zero-order valence-corrected chi connectivity index (χ0v) is 9.18. The number of hydrogen-bond acceptors (Lipinski definition) is 1. The van der Waals surface area contributed by atoms with Crippen LogP contribution in [0.15, 0.2) is 0 Å². The Kier molecular flexibility index (Phi) is 3.83. The molecule has 56 valence electrons. The SMILES string of the molecule is CC(C)(Cl)CP(=S)(Cl)Cl. The highest BCUT2D eigenvalue weighted by molar-refractivity contribution is 8.39. The quantitative estimate of drug-likeness (QED) is 0.509. The van der Waals surface area contributed by atoms with Gasteiger partial charge < -0.3 is 0 Å². The molecule has 0 aliphatic rings. The van der Waals surface area contributed by atoms with Crippen LogP contribution in [0.5, 0.6) is 0 Å². The van der Waals surface area contributed by atoms with Crippen LogP contribution >= 0.6 is 38.8 Å². The Labute approximate surface area is 75.4 Å². The molecule has 5 heteroatoms. The highest BCUT2D eigenvalue weighted by Crippen LogP contribution is 2.59. The van der Waals surface area contributed by atoms with Crippen molar-refractivity contribution in [2.75, 3.05) is 6.16 Å². The summed E-state index contributed by atoms with van der Waals surface area (Å²) in [7, 11) is 0. The second kappa shape index (κ2) is 3.28. The molecule has 0 saturated carbocycles. The summed E-state index contributed by atoms with van der Waals surface area (Å²) in [6, 6.07) is 0. The molecule has 0 nitrogen and oxygen atoms in total. The van der Waals surface area contributed by atoms with E-state index in [9.17, 15) is 0 Å². The van der Waals surface area contributed by atoms with Crippen molar-refractivity contribution in [2.24, 2.45) is 0 Å². The molecule has 0 atom stereocenters. The molecule has 0 aromatic heterocycles. The van der Waals surface area contributed by atoms with Gasteiger partial charge in [0, 0.05) is 11.0 Å². The maximum absolute atomic E-state index is 5.81. The van der Waals surface area contributed by atoms with Gasteiger partial charge in [-0.05, 0) is 13.8 Å². The molecule has 0 unspecified atom stereocenters. The van der Waals surface area contributed by atoms with E-state index in [2.05, 4.69) is 0 Å². The molecule has 0 aromatic rings. The predicted molar refractivity (Wildman–Crippen MR) is 50.8 cm³/mol. The molecule has 0 rings (SSSR count). The lowest BCUT2D eigenvalue weighted by Crippen LogP contribution is -2.13. The summed E-state index contributed by atoms with van der Waals surface area (Å²) in [5.74, 6) is 0. The summed E-state index contributed by atoms with van der Waals surface area (Å²) in [6.45, 7) is 3.70. The first kappa shape index (κ1) is 10.5. The maximum atomic E-state index is 5.81. The minimum atomic E-state index is -2.14. The lowest BCUT2D eigenvalue weighted by molar-refractivity contribution is 0.799. The molecule has 9 heavy (non-hydrogen) atoms. The van der Waals surface area contributed by atoms with Crippen LogP contribution < -0.4 is 0 Å². The number of halogens is 3. The minimum absolute atomic E-state index is 0.362. The molecule has 0 heterocycles. The molecule has 0 aliphatic carbocycles. The standard InChI is InChI=1S/C4H8Cl3PS/c1-4(2,5)3-8(6,7)9/h3H2,1-2H3. The van der Waals surface area contributed by atoms with Gasteiger partial charge in [0.15, 0.2) is 0 Å². The lowest BCUT2D eigenvalue weighted by atomic mass is 10.3. The van der Waals surface area contributed by atoms with Crippen molar-refractivity contribution in [3.8, 4) is 0 Å². The van der Waals surface area contributed by atoms with Crippen molar-refractivity contribution < 1.29 is 0 Å². The smallest absolute Gasteiger partial charge is 0.119 e. The van der Waals surface area contributed by atoms with Crippen LogP contribution in [0.1, 0.15) is 13.8 Å². The van der Waals surface area contributed by atoms with Gasteiger partial charge in [0.25, 0.3) is 0 Å². The van der Waals surface area contributed by atoms with Crippen molar-refractivity contribution in [3.05, 3.63) is 0 Å². The summed E-state index contributed by atoms with van der Waals surface area (Å²) in [5, 5.41) is 0. The van der Waals surface area contributed by atoms with Gasteiger partial charge in [0.2, 0.25) is 0 Å². The zero-order chi connectivity index (χ0) is 7.71. The van der Waals surface area contributed by atoms with Gasteiger partial charge in [0.1, 0.15) is 4.74 Å². The Morgan fingerprint density at radius 2 is 1.78 bits per heavy atom. The number of alkyl halides is 1. The fourth-order valence-electron chi connectivity index (χ4n) is 0.438. The second-order valence-corrected chi connectivity index (χ2v) is 12.0. The third-order valence-corrected chi connectivity index (χ3v) is 3.14. The third-order valence-electron chi connectivity index (χ3n) is 0.560. The molecule has 0 bridgehead atoms. The average molecular weight is 226 g/mol. The Bertz CT molecular complexity index is 133. The van der Waals surface area contributed by atoms with Crippen molar-refractivity contribution in [2.45, 2.75) is 18.7 Å². The number of hydrogen-bond donors (Lipinski definition) is 0. The summed E-state index contributed by atoms with van der Waals surface area (Å²) < 4.78 is -2.14. The van der Waals surface area contributed by atoms with E-state index in [4.69, 9.17) is 45.9 Å². The van der Waals surface area contributed by atoms with Crippen LogP contribution in [-0.4, -0.2) is 11.0 Å². The normalized spacial score (nSPS) is 13.9. The highest BCUT2D eigenvalue weighted by atomic mass is 35.9. The van der Waals surface area contributed by atoms with Crippen LogP contribution in [-0.2, 0) is 11.8 Å². The first-order valence-corrected chi connectivity index (χ1v) is 7.55. The molecular weight excluding hydrogens is 217 g/mol. The van der Waals surface area contributed by atoms with E-state index in [0.29, 0.717) is 6.16 Å². The molecule has 0 fully saturated rings. The molecule has 0 N–H and O–H groups in total. The lowest BCUT2D eigenvalue weighted by Gasteiger charge is -2.17. The van der Waals surface area contributed by atoms with Crippen molar-refractivity contribution in [3.63, 3.8) is 0 Å². The first-order valence-electron chi connectivity index (χ1n) is 2.38. The van der Waals surface area contributed by atoms with E-state index in [-0.39, 0.29) is 4.87 Å². The summed E-state index contributed by atoms with van der Waals surface area (Å²) in [6.07, 6.45) is 0.514. The van der Waals surface area contributed by atoms with Crippen LogP contribution in [0, 0.1) is 0 Å². The van der Waals surface area contributed by atoms with Crippen molar-refractivity contribution in [1.82, 2.24) is 0 Å². The van der Waals surface area contributed by atoms with E-state index in [0.717, 1.165) is 0 Å². The Morgan fingerprint density at radius 3 is 1.78 bits per heavy atom. The highest BCUT2D eigenvalue weighted by Gasteiger charge is 2.21. The van der Waals surface area contributed by atoms with Gasteiger partial charge in [-0.1, -0.05) is 34.3 Å². The zero-order valence-electron chi connectivity index (χ0n) is 5.20. The second-order valence-electron chi connectivity index (χ2n) is 2.45. The van der Waals surface area contributed by atoms with Crippen molar-refractivity contribution in [1.29, 1.82) is 0 Å². The topological polar surface area (TPSA) is 0 Å². The molecule has 0 aromatic carbocycles. The van der Waals surface area contributed by atoms with Gasteiger partial charge in [-0.25, -0.2) is 0 Å². The van der Waals surface area contributed by atoms with Crippen LogP contribution in [0.2, 0.25) is 0 Å². The van der Waals surface area contributed by atoms with Gasteiger partial charge >= 0.3 is 0 Å². The van der Waals surface area contributed by atoms with E-state index in [1.165, 1.54) is 0 Å². The van der Waals surface area contributed by atoms with E-state index < -0.39 is 4.74 Å². The van der Waals surface area contributed by atoms with Gasteiger partial charge in [-0.2, -0.15) is 0 Å². The Hall–Kier alpha value is 1.52. The summed E-state index contributed by atoms with van der Waals surface area (Å²) in [5.41, 5.74) is 0. The van der Waals surface area contributed by atoms with E-state index in [1.54, 1.807) is 0 Å².